The molecule has 2 rings (SSSR count). The molecule has 0 unspecified atom stereocenters. The molecule has 0 saturated heterocycles. The summed E-state index contributed by atoms with van der Waals surface area (Å²) in [6, 6.07) is 8.49. The monoisotopic (exact) mass is 520 g/mol. The van der Waals surface area contributed by atoms with E-state index in [4.69, 9.17) is 4.42 Å². The Morgan fingerprint density at radius 2 is 1.86 bits per heavy atom. The molecule has 0 bridgehead atoms. The number of hydrogen-bond acceptors (Lipinski definition) is 5. The SMILES string of the molecule is CN=C(NCCCS(=O)(=O)c1ccccc1)NCc1ncc(C(C)(C)C)o1.I. The lowest BCUT2D eigenvalue weighted by atomic mass is 9.94. The number of guanidine groups is 1. The highest BCUT2D eigenvalue weighted by molar-refractivity contribution is 14.0. The maximum absolute atomic E-state index is 12.2. The van der Waals surface area contributed by atoms with Crippen LogP contribution in [0.5, 0.6) is 0 Å². The highest BCUT2D eigenvalue weighted by Crippen LogP contribution is 2.22. The zero-order valence-electron chi connectivity index (χ0n) is 16.7. The number of hydrogen-bond donors (Lipinski definition) is 2. The first-order chi connectivity index (χ1) is 12.7. The number of halogens is 1. The summed E-state index contributed by atoms with van der Waals surface area (Å²) in [4.78, 5) is 8.74. The quantitative estimate of drug-likeness (QED) is 0.252. The van der Waals surface area contributed by atoms with Crippen molar-refractivity contribution in [2.45, 2.75) is 44.0 Å². The highest BCUT2D eigenvalue weighted by atomic mass is 127. The Morgan fingerprint density at radius 1 is 1.18 bits per heavy atom. The van der Waals surface area contributed by atoms with E-state index in [0.29, 0.717) is 36.3 Å². The van der Waals surface area contributed by atoms with Gasteiger partial charge < -0.3 is 15.1 Å². The summed E-state index contributed by atoms with van der Waals surface area (Å²) in [7, 11) is -1.60. The Hall–Kier alpha value is -1.62. The maximum Gasteiger partial charge on any atom is 0.213 e. The molecule has 0 atom stereocenters. The van der Waals surface area contributed by atoms with Crippen molar-refractivity contribution in [1.29, 1.82) is 0 Å². The van der Waals surface area contributed by atoms with Crippen LogP contribution in [0.4, 0.5) is 0 Å². The molecule has 1 aromatic heterocycles. The molecule has 9 heteroatoms. The highest BCUT2D eigenvalue weighted by Gasteiger charge is 2.19. The van der Waals surface area contributed by atoms with Gasteiger partial charge in [0.25, 0.3) is 0 Å². The second-order valence-corrected chi connectivity index (χ2v) is 9.32. The van der Waals surface area contributed by atoms with E-state index in [1.165, 1.54) is 0 Å². The molecule has 2 N–H and O–H groups in total. The Balaban J connectivity index is 0.00000392. The molecule has 0 aliphatic heterocycles. The normalized spacial score (nSPS) is 12.4. The molecular formula is C19H29IN4O3S. The Kier molecular flexibility index (Phi) is 9.42. The fourth-order valence-corrected chi connectivity index (χ4v) is 3.67. The number of nitrogens with zero attached hydrogens (tertiary/aromatic N) is 2. The molecule has 2 aromatic rings. The predicted octanol–water partition coefficient (Wildman–Crippen LogP) is 3.12. The second kappa shape index (κ2) is 10.8. The summed E-state index contributed by atoms with van der Waals surface area (Å²) in [6.07, 6.45) is 2.22. The number of oxazole rings is 1. The van der Waals surface area contributed by atoms with Crippen LogP contribution in [0.25, 0.3) is 0 Å². The summed E-state index contributed by atoms with van der Waals surface area (Å²) in [6.45, 7) is 7.08. The third-order valence-electron chi connectivity index (χ3n) is 3.91. The largest absolute Gasteiger partial charge is 0.443 e. The molecule has 156 valence electrons. The number of sulfone groups is 1. The molecule has 28 heavy (non-hydrogen) atoms. The van der Waals surface area contributed by atoms with Gasteiger partial charge in [0.2, 0.25) is 5.89 Å². The van der Waals surface area contributed by atoms with Crippen molar-refractivity contribution in [2.24, 2.45) is 4.99 Å². The molecular weight excluding hydrogens is 491 g/mol. The van der Waals surface area contributed by atoms with Crippen molar-refractivity contribution in [3.05, 3.63) is 48.2 Å². The van der Waals surface area contributed by atoms with Gasteiger partial charge in [-0.05, 0) is 18.6 Å². The molecule has 0 fully saturated rings. The summed E-state index contributed by atoms with van der Waals surface area (Å²) in [5.74, 6) is 2.06. The number of rotatable bonds is 7. The van der Waals surface area contributed by atoms with E-state index in [1.54, 1.807) is 43.6 Å². The van der Waals surface area contributed by atoms with Crippen molar-refractivity contribution in [3.63, 3.8) is 0 Å². The fraction of sp³-hybridized carbons (Fsp3) is 0.474. The van der Waals surface area contributed by atoms with Crippen molar-refractivity contribution >= 4 is 39.8 Å². The molecule has 0 saturated carbocycles. The van der Waals surface area contributed by atoms with Gasteiger partial charge in [0.05, 0.1) is 23.4 Å². The second-order valence-electron chi connectivity index (χ2n) is 7.21. The smallest absolute Gasteiger partial charge is 0.213 e. The zero-order chi connectivity index (χ0) is 19.9. The van der Waals surface area contributed by atoms with Gasteiger partial charge in [-0.25, -0.2) is 13.4 Å². The average molecular weight is 520 g/mol. The Morgan fingerprint density at radius 3 is 2.43 bits per heavy atom. The van der Waals surface area contributed by atoms with Gasteiger partial charge in [-0.1, -0.05) is 39.0 Å². The van der Waals surface area contributed by atoms with Crippen LogP contribution in [0.2, 0.25) is 0 Å². The van der Waals surface area contributed by atoms with Crippen LogP contribution >= 0.6 is 24.0 Å². The average Bonchev–Trinajstić information content (AvgIpc) is 3.11. The van der Waals surface area contributed by atoms with E-state index in [-0.39, 0.29) is 35.1 Å². The molecule has 1 heterocycles. The van der Waals surface area contributed by atoms with Gasteiger partial charge in [0.15, 0.2) is 15.8 Å². The van der Waals surface area contributed by atoms with E-state index in [1.807, 2.05) is 0 Å². The van der Waals surface area contributed by atoms with Gasteiger partial charge in [-0.15, -0.1) is 24.0 Å². The lowest BCUT2D eigenvalue weighted by Gasteiger charge is -2.13. The predicted molar refractivity (Wildman–Crippen MR) is 122 cm³/mol. The summed E-state index contributed by atoms with van der Waals surface area (Å²) in [5, 5.41) is 6.22. The summed E-state index contributed by atoms with van der Waals surface area (Å²) in [5.41, 5.74) is -0.0879. The fourth-order valence-electron chi connectivity index (χ4n) is 2.33. The number of aliphatic imine (C=N–C) groups is 1. The maximum atomic E-state index is 12.2. The van der Waals surface area contributed by atoms with Crippen LogP contribution in [0.15, 0.2) is 50.8 Å². The van der Waals surface area contributed by atoms with Crippen molar-refractivity contribution in [1.82, 2.24) is 15.6 Å². The standard InChI is InChI=1S/C19H28N4O3S.HI/c1-19(2,3)16-13-22-17(26-16)14-23-18(20-4)21-11-8-12-27(24,25)15-9-6-5-7-10-15;/h5-7,9-10,13H,8,11-12,14H2,1-4H3,(H2,20,21,23);1H. The van der Waals surface area contributed by atoms with Crippen LogP contribution in [0.3, 0.4) is 0 Å². The first-order valence-electron chi connectivity index (χ1n) is 8.90. The molecule has 0 aliphatic carbocycles. The van der Waals surface area contributed by atoms with Crippen LogP contribution in [-0.2, 0) is 21.8 Å². The lowest BCUT2D eigenvalue weighted by Crippen LogP contribution is -2.37. The first kappa shape index (κ1) is 24.4. The minimum Gasteiger partial charge on any atom is -0.443 e. The van der Waals surface area contributed by atoms with E-state index in [9.17, 15) is 8.42 Å². The summed E-state index contributed by atoms with van der Waals surface area (Å²) >= 11 is 0. The van der Waals surface area contributed by atoms with Crippen molar-refractivity contribution in [3.8, 4) is 0 Å². The van der Waals surface area contributed by atoms with Gasteiger partial charge in [-0.3, -0.25) is 4.99 Å². The first-order valence-corrected chi connectivity index (χ1v) is 10.5. The van der Waals surface area contributed by atoms with Crippen molar-refractivity contribution < 1.29 is 12.8 Å². The van der Waals surface area contributed by atoms with E-state index in [2.05, 4.69) is 41.4 Å². The lowest BCUT2D eigenvalue weighted by molar-refractivity contribution is 0.379. The molecule has 0 amide bonds. The molecule has 1 aromatic carbocycles. The van der Waals surface area contributed by atoms with Crippen LogP contribution in [-0.4, -0.2) is 38.7 Å². The number of aromatic nitrogens is 1. The van der Waals surface area contributed by atoms with Crippen LogP contribution in [0.1, 0.15) is 38.8 Å². The van der Waals surface area contributed by atoms with E-state index < -0.39 is 9.84 Å². The minimum absolute atomic E-state index is 0. The third-order valence-corrected chi connectivity index (χ3v) is 5.72. The minimum atomic E-state index is -3.26. The van der Waals surface area contributed by atoms with E-state index >= 15 is 0 Å². The molecule has 0 aliphatic rings. The molecule has 7 nitrogen and oxygen atoms in total. The van der Waals surface area contributed by atoms with Crippen molar-refractivity contribution in [2.75, 3.05) is 19.3 Å². The zero-order valence-corrected chi connectivity index (χ0v) is 19.9. The Bertz CT molecular complexity index is 859. The van der Waals surface area contributed by atoms with Crippen LogP contribution < -0.4 is 10.6 Å². The molecule has 0 spiro atoms. The molecule has 0 radical (unpaired) electrons. The summed E-state index contributed by atoms with van der Waals surface area (Å²) < 4.78 is 30.2. The number of nitrogens with one attached hydrogen (secondary N) is 2. The third kappa shape index (κ3) is 7.42. The van der Waals surface area contributed by atoms with Gasteiger partial charge in [0, 0.05) is 19.0 Å². The Labute approximate surface area is 184 Å². The van der Waals surface area contributed by atoms with Gasteiger partial charge in [0.1, 0.15) is 5.76 Å². The van der Waals surface area contributed by atoms with Gasteiger partial charge in [-0.2, -0.15) is 0 Å². The topological polar surface area (TPSA) is 96.6 Å². The van der Waals surface area contributed by atoms with E-state index in [0.717, 1.165) is 5.76 Å². The van der Waals surface area contributed by atoms with Gasteiger partial charge >= 0.3 is 0 Å². The number of benzene rings is 1. The van der Waals surface area contributed by atoms with Crippen LogP contribution in [0, 0.1) is 0 Å².